The minimum absolute atomic E-state index is 0.384. The zero-order valence-corrected chi connectivity index (χ0v) is 11.1. The monoisotopic (exact) mass is 287 g/mol. The van der Waals surface area contributed by atoms with Crippen LogP contribution in [0.3, 0.4) is 0 Å². The predicted molar refractivity (Wildman–Crippen MR) is 76.0 cm³/mol. The molecule has 3 aromatic rings. The van der Waals surface area contributed by atoms with E-state index in [9.17, 15) is 13.2 Å². The Kier molecular flexibility index (Phi) is 3.37. The fraction of sp³-hybridized carbons (Fsp3) is 0.118. The maximum absolute atomic E-state index is 12.7. The molecule has 0 unspecified atom stereocenters. The molecule has 0 spiro atoms. The summed E-state index contributed by atoms with van der Waals surface area (Å²) in [5, 5.41) is 1.02. The van der Waals surface area contributed by atoms with Gasteiger partial charge in [0.05, 0.1) is 11.1 Å². The van der Waals surface area contributed by atoms with Crippen LogP contribution in [0, 0.1) is 0 Å². The van der Waals surface area contributed by atoms with Gasteiger partial charge in [-0.2, -0.15) is 13.2 Å². The van der Waals surface area contributed by atoms with Crippen molar-refractivity contribution in [2.24, 2.45) is 0 Å². The van der Waals surface area contributed by atoms with Gasteiger partial charge in [-0.25, -0.2) is 0 Å². The molecule has 1 heterocycles. The third-order valence-corrected chi connectivity index (χ3v) is 3.30. The Labute approximate surface area is 120 Å². The van der Waals surface area contributed by atoms with E-state index in [-0.39, 0.29) is 0 Å². The largest absolute Gasteiger partial charge is 0.416 e. The molecule has 0 bridgehead atoms. The number of nitrogens with zero attached hydrogens (tertiary/aromatic N) is 1. The van der Waals surface area contributed by atoms with Crippen molar-refractivity contribution in [3.8, 4) is 0 Å². The Morgan fingerprint density at radius 1 is 0.857 bits per heavy atom. The fourth-order valence-corrected chi connectivity index (χ4v) is 2.27. The van der Waals surface area contributed by atoms with Crippen molar-refractivity contribution in [3.63, 3.8) is 0 Å². The third-order valence-electron chi connectivity index (χ3n) is 3.30. The van der Waals surface area contributed by atoms with Crippen LogP contribution in [0.15, 0.2) is 60.7 Å². The number of hydrogen-bond acceptors (Lipinski definition) is 1. The van der Waals surface area contributed by atoms with Gasteiger partial charge in [-0.1, -0.05) is 42.5 Å². The molecule has 1 aromatic heterocycles. The average Bonchev–Trinajstić information content (AvgIpc) is 2.46. The molecule has 1 nitrogen and oxygen atoms in total. The van der Waals surface area contributed by atoms with E-state index in [0.717, 1.165) is 22.7 Å². The first kappa shape index (κ1) is 13.6. The van der Waals surface area contributed by atoms with Crippen molar-refractivity contribution >= 4 is 10.9 Å². The van der Waals surface area contributed by atoms with E-state index in [2.05, 4.69) is 4.98 Å². The molecular formula is C17H12F3N. The molecule has 0 aliphatic rings. The van der Waals surface area contributed by atoms with Gasteiger partial charge in [-0.15, -0.1) is 0 Å². The van der Waals surface area contributed by atoms with Crippen LogP contribution in [0.25, 0.3) is 10.9 Å². The number of rotatable bonds is 2. The summed E-state index contributed by atoms with van der Waals surface area (Å²) in [6.07, 6.45) is -3.93. The maximum Gasteiger partial charge on any atom is 0.416 e. The van der Waals surface area contributed by atoms with Crippen LogP contribution in [-0.2, 0) is 12.6 Å². The lowest BCUT2D eigenvalue weighted by atomic mass is 10.1. The van der Waals surface area contributed by atoms with E-state index < -0.39 is 11.7 Å². The highest BCUT2D eigenvalue weighted by molar-refractivity contribution is 5.78. The standard InChI is InChI=1S/C17H12F3N/c18-17(19,20)14-6-3-4-12(10-14)11-15-9-8-13-5-1-2-7-16(13)21-15/h1-10H,11H2. The molecule has 0 radical (unpaired) electrons. The highest BCUT2D eigenvalue weighted by Gasteiger charge is 2.30. The van der Waals surface area contributed by atoms with E-state index in [1.165, 1.54) is 12.1 Å². The SMILES string of the molecule is FC(F)(F)c1cccc(Cc2ccc3ccccc3n2)c1. The van der Waals surface area contributed by atoms with E-state index in [1.807, 2.05) is 36.4 Å². The molecule has 106 valence electrons. The molecule has 0 N–H and O–H groups in total. The predicted octanol–water partition coefficient (Wildman–Crippen LogP) is 4.84. The van der Waals surface area contributed by atoms with E-state index >= 15 is 0 Å². The Balaban J connectivity index is 1.91. The summed E-state index contributed by atoms with van der Waals surface area (Å²) in [7, 11) is 0. The van der Waals surface area contributed by atoms with Crippen molar-refractivity contribution in [1.29, 1.82) is 0 Å². The molecule has 2 aromatic carbocycles. The number of hydrogen-bond donors (Lipinski definition) is 0. The first-order valence-corrected chi connectivity index (χ1v) is 6.53. The lowest BCUT2D eigenvalue weighted by Gasteiger charge is -2.09. The van der Waals surface area contributed by atoms with Gasteiger partial charge < -0.3 is 0 Å². The summed E-state index contributed by atoms with van der Waals surface area (Å²) < 4.78 is 38.1. The third kappa shape index (κ3) is 3.05. The summed E-state index contributed by atoms with van der Waals surface area (Å²) in [6.45, 7) is 0. The molecule has 0 aliphatic heterocycles. The number of aromatic nitrogens is 1. The zero-order chi connectivity index (χ0) is 14.9. The Morgan fingerprint density at radius 3 is 2.48 bits per heavy atom. The molecule has 0 amide bonds. The number of benzene rings is 2. The quantitative estimate of drug-likeness (QED) is 0.657. The van der Waals surface area contributed by atoms with Crippen LogP contribution in [0.5, 0.6) is 0 Å². The van der Waals surface area contributed by atoms with Gasteiger partial charge in [0.2, 0.25) is 0 Å². The van der Waals surface area contributed by atoms with Crippen LogP contribution in [0.2, 0.25) is 0 Å². The lowest BCUT2D eigenvalue weighted by Crippen LogP contribution is -2.05. The first-order valence-electron chi connectivity index (χ1n) is 6.53. The number of halogens is 3. The molecule has 0 fully saturated rings. The first-order chi connectivity index (χ1) is 10.0. The van der Waals surface area contributed by atoms with Crippen LogP contribution < -0.4 is 0 Å². The highest BCUT2D eigenvalue weighted by Crippen LogP contribution is 2.30. The number of fused-ring (bicyclic) bond motifs is 1. The van der Waals surface area contributed by atoms with Crippen LogP contribution in [-0.4, -0.2) is 4.98 Å². The Morgan fingerprint density at radius 2 is 1.67 bits per heavy atom. The second-order valence-electron chi connectivity index (χ2n) is 4.87. The van der Waals surface area contributed by atoms with E-state index in [0.29, 0.717) is 12.0 Å². The second kappa shape index (κ2) is 5.20. The van der Waals surface area contributed by atoms with Crippen molar-refractivity contribution in [2.75, 3.05) is 0 Å². The summed E-state index contributed by atoms with van der Waals surface area (Å²) in [6, 6.07) is 16.8. The van der Waals surface area contributed by atoms with Gasteiger partial charge in [-0.3, -0.25) is 4.98 Å². The van der Waals surface area contributed by atoms with Gasteiger partial charge in [0.25, 0.3) is 0 Å². The average molecular weight is 287 g/mol. The zero-order valence-electron chi connectivity index (χ0n) is 11.1. The van der Waals surface area contributed by atoms with Crippen LogP contribution in [0.1, 0.15) is 16.8 Å². The molecule has 21 heavy (non-hydrogen) atoms. The Bertz CT molecular complexity index is 778. The summed E-state index contributed by atoms with van der Waals surface area (Å²) in [4.78, 5) is 4.48. The minimum atomic E-state index is -4.31. The van der Waals surface area contributed by atoms with E-state index in [1.54, 1.807) is 6.07 Å². The molecule has 0 atom stereocenters. The number of pyridine rings is 1. The Hall–Kier alpha value is -2.36. The molecule has 3 rings (SSSR count). The molecule has 0 saturated heterocycles. The normalized spacial score (nSPS) is 11.8. The van der Waals surface area contributed by atoms with Crippen molar-refractivity contribution in [2.45, 2.75) is 12.6 Å². The van der Waals surface area contributed by atoms with Crippen molar-refractivity contribution < 1.29 is 13.2 Å². The van der Waals surface area contributed by atoms with Gasteiger partial charge in [0.1, 0.15) is 0 Å². The van der Waals surface area contributed by atoms with E-state index in [4.69, 9.17) is 0 Å². The van der Waals surface area contributed by atoms with Crippen molar-refractivity contribution in [3.05, 3.63) is 77.5 Å². The fourth-order valence-electron chi connectivity index (χ4n) is 2.27. The van der Waals surface area contributed by atoms with Crippen molar-refractivity contribution in [1.82, 2.24) is 4.98 Å². The van der Waals surface area contributed by atoms with Crippen LogP contribution >= 0.6 is 0 Å². The smallest absolute Gasteiger partial charge is 0.252 e. The molecule has 0 aliphatic carbocycles. The molecule has 4 heteroatoms. The second-order valence-corrected chi connectivity index (χ2v) is 4.87. The summed E-state index contributed by atoms with van der Waals surface area (Å²) in [5.41, 5.74) is 1.59. The van der Waals surface area contributed by atoms with Gasteiger partial charge in [0.15, 0.2) is 0 Å². The molecule has 0 saturated carbocycles. The summed E-state index contributed by atoms with van der Waals surface area (Å²) in [5.74, 6) is 0. The summed E-state index contributed by atoms with van der Waals surface area (Å²) >= 11 is 0. The maximum atomic E-state index is 12.7. The topological polar surface area (TPSA) is 12.9 Å². The lowest BCUT2D eigenvalue weighted by molar-refractivity contribution is -0.137. The molecular weight excluding hydrogens is 275 g/mol. The van der Waals surface area contributed by atoms with Crippen LogP contribution in [0.4, 0.5) is 13.2 Å². The minimum Gasteiger partial charge on any atom is -0.252 e. The highest BCUT2D eigenvalue weighted by atomic mass is 19.4. The van der Waals surface area contributed by atoms with Gasteiger partial charge >= 0.3 is 6.18 Å². The van der Waals surface area contributed by atoms with Gasteiger partial charge in [0, 0.05) is 17.5 Å². The number of alkyl halides is 3. The number of para-hydroxylation sites is 1. The van der Waals surface area contributed by atoms with Gasteiger partial charge in [-0.05, 0) is 23.8 Å².